The summed E-state index contributed by atoms with van der Waals surface area (Å²) in [5.74, 6) is -1.34. The van der Waals surface area contributed by atoms with Gasteiger partial charge in [0, 0.05) is 33.7 Å². The first kappa shape index (κ1) is 19.3. The van der Waals surface area contributed by atoms with E-state index in [4.69, 9.17) is 16.3 Å². The minimum atomic E-state index is -1.36. The van der Waals surface area contributed by atoms with Crippen LogP contribution in [0.3, 0.4) is 0 Å². The van der Waals surface area contributed by atoms with Crippen molar-refractivity contribution in [3.63, 3.8) is 0 Å². The molecule has 0 heterocycles. The normalized spacial score (nSPS) is 11.8. The van der Waals surface area contributed by atoms with Crippen LogP contribution in [0.1, 0.15) is 12.0 Å². The molecule has 134 valence electrons. The van der Waals surface area contributed by atoms with Crippen LogP contribution in [0.15, 0.2) is 36.4 Å². The van der Waals surface area contributed by atoms with Crippen LogP contribution in [0.4, 0.5) is 14.5 Å². The molecule has 1 N–H and O–H groups in total. The lowest BCUT2D eigenvalue weighted by molar-refractivity contribution is -0.115. The van der Waals surface area contributed by atoms with E-state index < -0.39 is 28.3 Å². The monoisotopic (exact) mass is 387 g/mol. The van der Waals surface area contributed by atoms with E-state index in [1.165, 1.54) is 31.4 Å². The van der Waals surface area contributed by atoms with Crippen LogP contribution in [-0.2, 0) is 21.3 Å². The number of amides is 1. The van der Waals surface area contributed by atoms with E-state index in [1.54, 1.807) is 6.07 Å². The molecule has 0 fully saturated rings. The number of carbonyl (C=O) groups is 1. The Hall–Kier alpha value is -1.99. The fourth-order valence-corrected chi connectivity index (χ4v) is 3.34. The third-order valence-corrected chi connectivity index (χ3v) is 4.86. The highest BCUT2D eigenvalue weighted by atomic mass is 35.5. The largest absolute Gasteiger partial charge is 0.494 e. The number of anilines is 1. The highest BCUT2D eigenvalue weighted by Gasteiger charge is 2.11. The first-order valence-corrected chi connectivity index (χ1v) is 9.18. The predicted octanol–water partition coefficient (Wildman–Crippen LogP) is 3.90. The van der Waals surface area contributed by atoms with Gasteiger partial charge in [0.05, 0.1) is 12.8 Å². The molecule has 2 aromatic carbocycles. The Balaban J connectivity index is 1.85. The molecule has 1 amide bonds. The molecule has 0 spiro atoms. The summed E-state index contributed by atoms with van der Waals surface area (Å²) < 4.78 is 44.0. The van der Waals surface area contributed by atoms with Gasteiger partial charge in [0.1, 0.15) is 5.82 Å². The number of benzene rings is 2. The number of hydrogen-bond acceptors (Lipinski definition) is 3. The Morgan fingerprint density at radius 1 is 1.20 bits per heavy atom. The molecule has 25 heavy (non-hydrogen) atoms. The number of ether oxygens (including phenoxy) is 1. The van der Waals surface area contributed by atoms with Crippen LogP contribution in [-0.4, -0.2) is 23.0 Å². The van der Waals surface area contributed by atoms with Gasteiger partial charge in [0.25, 0.3) is 0 Å². The summed E-state index contributed by atoms with van der Waals surface area (Å²) in [5, 5.41) is 2.62. The third-order valence-electron chi connectivity index (χ3n) is 3.31. The van der Waals surface area contributed by atoms with Gasteiger partial charge in [-0.25, -0.2) is 8.78 Å². The molecule has 2 rings (SSSR count). The van der Waals surface area contributed by atoms with Gasteiger partial charge in [-0.15, -0.1) is 0 Å². The second kappa shape index (κ2) is 8.92. The number of rotatable bonds is 7. The molecule has 0 saturated carbocycles. The van der Waals surface area contributed by atoms with Crippen molar-refractivity contribution in [1.29, 1.82) is 0 Å². The van der Waals surface area contributed by atoms with Crippen LogP contribution < -0.4 is 10.1 Å². The number of hydrogen-bond donors (Lipinski definition) is 1. The van der Waals surface area contributed by atoms with Crippen molar-refractivity contribution in [1.82, 2.24) is 0 Å². The molecule has 1 unspecified atom stereocenters. The van der Waals surface area contributed by atoms with E-state index in [9.17, 15) is 17.8 Å². The van der Waals surface area contributed by atoms with Crippen LogP contribution in [0, 0.1) is 11.6 Å². The number of methoxy groups -OCH3 is 1. The molecule has 8 heteroatoms. The Kier molecular flexibility index (Phi) is 6.90. The summed E-state index contributed by atoms with van der Waals surface area (Å²) in [6.45, 7) is 0. The second-order valence-electron chi connectivity index (χ2n) is 5.18. The van der Waals surface area contributed by atoms with Crippen molar-refractivity contribution in [2.24, 2.45) is 0 Å². The van der Waals surface area contributed by atoms with Crippen molar-refractivity contribution in [2.75, 3.05) is 18.2 Å². The van der Waals surface area contributed by atoms with E-state index in [0.29, 0.717) is 5.56 Å². The lowest BCUT2D eigenvalue weighted by Gasteiger charge is -2.07. The lowest BCUT2D eigenvalue weighted by atomic mass is 10.2. The summed E-state index contributed by atoms with van der Waals surface area (Å²) >= 11 is 5.64. The highest BCUT2D eigenvalue weighted by molar-refractivity contribution is 7.84. The molecule has 0 aromatic heterocycles. The maximum Gasteiger partial charge on any atom is 0.225 e. The standard InChI is InChI=1S/C17H16ClF2NO3S/c1-24-16-5-2-11(8-14(16)20)10-25(23)7-6-17(22)21-15-4-3-12(18)9-13(15)19/h2-5,8-9H,6-7,10H2,1H3,(H,21,22). The van der Waals surface area contributed by atoms with E-state index >= 15 is 0 Å². The molecule has 0 bridgehead atoms. The fraction of sp³-hybridized carbons (Fsp3) is 0.235. The lowest BCUT2D eigenvalue weighted by Crippen LogP contribution is -2.16. The molecular weight excluding hydrogens is 372 g/mol. The predicted molar refractivity (Wildman–Crippen MR) is 94.3 cm³/mol. The van der Waals surface area contributed by atoms with Gasteiger partial charge in [0.15, 0.2) is 11.6 Å². The molecule has 2 aromatic rings. The zero-order valence-corrected chi connectivity index (χ0v) is 14.9. The molecule has 0 radical (unpaired) electrons. The van der Waals surface area contributed by atoms with Crippen LogP contribution >= 0.6 is 11.6 Å². The SMILES string of the molecule is COc1ccc(CS(=O)CCC(=O)Nc2ccc(Cl)cc2F)cc1F. The maximum absolute atomic E-state index is 13.6. The number of nitrogens with one attached hydrogen (secondary N) is 1. The van der Waals surface area contributed by atoms with Crippen LogP contribution in [0.2, 0.25) is 5.02 Å². The minimum Gasteiger partial charge on any atom is -0.494 e. The van der Waals surface area contributed by atoms with Crippen molar-refractivity contribution < 1.29 is 22.5 Å². The van der Waals surface area contributed by atoms with E-state index in [0.717, 1.165) is 6.07 Å². The van der Waals surface area contributed by atoms with Crippen molar-refractivity contribution in [3.05, 3.63) is 58.6 Å². The van der Waals surface area contributed by atoms with Gasteiger partial charge in [0.2, 0.25) is 5.91 Å². The first-order chi connectivity index (χ1) is 11.9. The molecular formula is C17H16ClF2NO3S. The van der Waals surface area contributed by atoms with E-state index in [-0.39, 0.29) is 34.4 Å². The topological polar surface area (TPSA) is 55.4 Å². The van der Waals surface area contributed by atoms with Gasteiger partial charge in [-0.1, -0.05) is 17.7 Å². The highest BCUT2D eigenvalue weighted by Crippen LogP contribution is 2.20. The van der Waals surface area contributed by atoms with Crippen molar-refractivity contribution >= 4 is 34.0 Å². The van der Waals surface area contributed by atoms with Gasteiger partial charge >= 0.3 is 0 Å². The van der Waals surface area contributed by atoms with E-state index in [2.05, 4.69) is 5.32 Å². The summed E-state index contributed by atoms with van der Waals surface area (Å²) in [6, 6.07) is 8.22. The summed E-state index contributed by atoms with van der Waals surface area (Å²) in [5.41, 5.74) is 0.554. The second-order valence-corrected chi connectivity index (χ2v) is 7.19. The summed E-state index contributed by atoms with van der Waals surface area (Å²) in [6.07, 6.45) is -0.0483. The summed E-state index contributed by atoms with van der Waals surface area (Å²) in [7, 11) is 0.000897. The quantitative estimate of drug-likeness (QED) is 0.783. The smallest absolute Gasteiger partial charge is 0.225 e. The fourth-order valence-electron chi connectivity index (χ4n) is 2.07. The Morgan fingerprint density at radius 3 is 2.60 bits per heavy atom. The Morgan fingerprint density at radius 2 is 1.96 bits per heavy atom. The number of halogens is 3. The maximum atomic E-state index is 13.6. The molecule has 1 atom stereocenters. The average molecular weight is 388 g/mol. The molecule has 0 aliphatic heterocycles. The van der Waals surface area contributed by atoms with Crippen LogP contribution in [0.25, 0.3) is 0 Å². The van der Waals surface area contributed by atoms with Crippen LogP contribution in [0.5, 0.6) is 5.75 Å². The van der Waals surface area contributed by atoms with E-state index in [1.807, 2.05) is 0 Å². The van der Waals surface area contributed by atoms with Crippen molar-refractivity contribution in [2.45, 2.75) is 12.2 Å². The zero-order chi connectivity index (χ0) is 18.4. The summed E-state index contributed by atoms with van der Waals surface area (Å²) in [4.78, 5) is 11.8. The van der Waals surface area contributed by atoms with Gasteiger partial charge < -0.3 is 10.1 Å². The van der Waals surface area contributed by atoms with Crippen molar-refractivity contribution in [3.8, 4) is 5.75 Å². The third kappa shape index (κ3) is 5.79. The molecule has 4 nitrogen and oxygen atoms in total. The van der Waals surface area contributed by atoms with Gasteiger partial charge in [-0.3, -0.25) is 9.00 Å². The van der Waals surface area contributed by atoms with Gasteiger partial charge in [-0.2, -0.15) is 0 Å². The zero-order valence-electron chi connectivity index (χ0n) is 13.4. The Bertz CT molecular complexity index is 801. The molecule has 0 aliphatic rings. The number of carbonyl (C=O) groups excluding carboxylic acids is 1. The van der Waals surface area contributed by atoms with Gasteiger partial charge in [-0.05, 0) is 35.9 Å². The Labute approximate surface area is 151 Å². The molecule has 0 aliphatic carbocycles. The first-order valence-electron chi connectivity index (χ1n) is 7.31. The molecule has 0 saturated heterocycles. The minimum absolute atomic E-state index is 0.0115. The average Bonchev–Trinajstić information content (AvgIpc) is 2.56.